The number of aromatic nitrogens is 3. The largest absolute Gasteiger partial charge is 0.368 e. The lowest BCUT2D eigenvalue weighted by molar-refractivity contribution is 0.987. The summed E-state index contributed by atoms with van der Waals surface area (Å²) in [6.45, 7) is 0.779. The van der Waals surface area contributed by atoms with Gasteiger partial charge in [0.05, 0.1) is 15.2 Å². The average Bonchev–Trinajstić information content (AvgIpc) is 3.08. The lowest BCUT2D eigenvalue weighted by atomic mass is 10.4. The summed E-state index contributed by atoms with van der Waals surface area (Å²) in [7, 11) is 0. The molecule has 3 aromatic rings. The molecule has 4 N–H and O–H groups in total. The van der Waals surface area contributed by atoms with Gasteiger partial charge < -0.3 is 5.32 Å². The summed E-state index contributed by atoms with van der Waals surface area (Å²) in [4.78, 5) is 12.9. The van der Waals surface area contributed by atoms with Crippen molar-refractivity contribution in [2.24, 2.45) is 5.84 Å². The fourth-order valence-corrected chi connectivity index (χ4v) is 3.13. The van der Waals surface area contributed by atoms with Gasteiger partial charge in [-0.3, -0.25) is 5.43 Å². The van der Waals surface area contributed by atoms with Crippen LogP contribution in [0, 0.1) is 0 Å². The summed E-state index contributed by atoms with van der Waals surface area (Å²) in [5, 5.41) is 8.40. The molecule has 3 heterocycles. The molecule has 0 saturated heterocycles. The second-order valence-electron chi connectivity index (χ2n) is 3.78. The fraction of sp³-hybridized carbons (Fsp3) is 0.182. The molecule has 0 bridgehead atoms. The quantitative estimate of drug-likeness (QED) is 0.493. The van der Waals surface area contributed by atoms with Crippen molar-refractivity contribution in [3.8, 4) is 0 Å². The van der Waals surface area contributed by atoms with Crippen LogP contribution in [0.5, 0.6) is 0 Å². The van der Waals surface area contributed by atoms with Gasteiger partial charge in [-0.2, -0.15) is 4.98 Å². The highest BCUT2D eigenvalue weighted by atomic mass is 32.1. The zero-order chi connectivity index (χ0) is 13.1. The zero-order valence-electron chi connectivity index (χ0n) is 9.96. The van der Waals surface area contributed by atoms with Gasteiger partial charge in [0.2, 0.25) is 5.95 Å². The molecule has 3 rings (SSSR count). The molecule has 6 nitrogen and oxygen atoms in total. The number of rotatable bonds is 5. The van der Waals surface area contributed by atoms with E-state index in [-0.39, 0.29) is 0 Å². The lowest BCUT2D eigenvalue weighted by Gasteiger charge is -2.07. The van der Waals surface area contributed by atoms with Crippen LogP contribution in [0.15, 0.2) is 23.0 Å². The first-order valence-electron chi connectivity index (χ1n) is 5.71. The van der Waals surface area contributed by atoms with Crippen LogP contribution in [0.3, 0.4) is 0 Å². The smallest absolute Gasteiger partial charge is 0.239 e. The molecule has 0 radical (unpaired) electrons. The number of thiazole rings is 1. The lowest BCUT2D eigenvalue weighted by Crippen LogP contribution is -2.13. The third-order valence-corrected chi connectivity index (χ3v) is 4.30. The topological polar surface area (TPSA) is 88.8 Å². The number of thiophene rings is 1. The number of fused-ring (bicyclic) bond motifs is 1. The standard InChI is InChI=1S/C11H12N6S2/c12-17-11-15-7-2-5-19-9(7)10(16-11)14-3-1-8-13-4-6-18-8/h2,4-6H,1,3,12H2,(H2,14,15,16,17). The Kier molecular flexibility index (Phi) is 3.53. The summed E-state index contributed by atoms with van der Waals surface area (Å²) in [6.07, 6.45) is 2.69. The highest BCUT2D eigenvalue weighted by molar-refractivity contribution is 7.17. The molecule has 0 saturated carbocycles. The van der Waals surface area contributed by atoms with Crippen LogP contribution < -0.4 is 16.6 Å². The number of nitrogens with two attached hydrogens (primary N) is 1. The number of nitrogens with zero attached hydrogens (tertiary/aromatic N) is 3. The van der Waals surface area contributed by atoms with Gasteiger partial charge >= 0.3 is 0 Å². The van der Waals surface area contributed by atoms with E-state index in [0.717, 1.165) is 34.0 Å². The molecule has 8 heteroatoms. The molecule has 0 aliphatic rings. The van der Waals surface area contributed by atoms with Gasteiger partial charge in [0, 0.05) is 24.5 Å². The SMILES string of the molecule is NNc1nc(NCCc2nccs2)c2sccc2n1. The van der Waals surface area contributed by atoms with Gasteiger partial charge in [-0.15, -0.1) is 22.7 Å². The molecular weight excluding hydrogens is 280 g/mol. The minimum Gasteiger partial charge on any atom is -0.368 e. The monoisotopic (exact) mass is 292 g/mol. The van der Waals surface area contributed by atoms with E-state index in [1.54, 1.807) is 22.7 Å². The Bertz CT molecular complexity index is 663. The van der Waals surface area contributed by atoms with Crippen LogP contribution in [0.2, 0.25) is 0 Å². The Labute approximate surface area is 117 Å². The van der Waals surface area contributed by atoms with E-state index in [2.05, 4.69) is 25.7 Å². The van der Waals surface area contributed by atoms with Gasteiger partial charge in [0.15, 0.2) is 0 Å². The Balaban J connectivity index is 1.77. The van der Waals surface area contributed by atoms with Crippen LogP contribution in [0.25, 0.3) is 10.2 Å². The van der Waals surface area contributed by atoms with Gasteiger partial charge in [-0.05, 0) is 11.4 Å². The predicted molar refractivity (Wildman–Crippen MR) is 79.5 cm³/mol. The second-order valence-corrected chi connectivity index (χ2v) is 5.67. The Morgan fingerprint density at radius 2 is 2.16 bits per heavy atom. The average molecular weight is 292 g/mol. The summed E-state index contributed by atoms with van der Waals surface area (Å²) in [5.74, 6) is 6.61. The number of anilines is 2. The highest BCUT2D eigenvalue weighted by Gasteiger charge is 2.08. The van der Waals surface area contributed by atoms with E-state index >= 15 is 0 Å². The number of hydrazine groups is 1. The third-order valence-electron chi connectivity index (χ3n) is 2.55. The van der Waals surface area contributed by atoms with E-state index < -0.39 is 0 Å². The Morgan fingerprint density at radius 3 is 2.95 bits per heavy atom. The normalized spacial score (nSPS) is 10.8. The summed E-state index contributed by atoms with van der Waals surface area (Å²) < 4.78 is 1.04. The van der Waals surface area contributed by atoms with Crippen LogP contribution >= 0.6 is 22.7 Å². The second kappa shape index (κ2) is 5.47. The first-order valence-corrected chi connectivity index (χ1v) is 7.47. The Morgan fingerprint density at radius 1 is 1.21 bits per heavy atom. The molecule has 19 heavy (non-hydrogen) atoms. The molecule has 0 fully saturated rings. The van der Waals surface area contributed by atoms with Crippen molar-refractivity contribution in [3.63, 3.8) is 0 Å². The maximum Gasteiger partial charge on any atom is 0.239 e. The van der Waals surface area contributed by atoms with Crippen molar-refractivity contribution < 1.29 is 0 Å². The maximum absolute atomic E-state index is 5.38. The third kappa shape index (κ3) is 2.65. The molecule has 0 unspecified atom stereocenters. The van der Waals surface area contributed by atoms with Gasteiger partial charge in [-0.1, -0.05) is 0 Å². The van der Waals surface area contributed by atoms with Crippen molar-refractivity contribution in [2.75, 3.05) is 17.3 Å². The van der Waals surface area contributed by atoms with Crippen LogP contribution in [0.1, 0.15) is 5.01 Å². The van der Waals surface area contributed by atoms with E-state index in [1.165, 1.54) is 0 Å². The van der Waals surface area contributed by atoms with E-state index in [9.17, 15) is 0 Å². The van der Waals surface area contributed by atoms with Gasteiger partial charge in [0.1, 0.15) is 5.82 Å². The molecule has 98 valence electrons. The molecule has 0 atom stereocenters. The summed E-state index contributed by atoms with van der Waals surface area (Å²) >= 11 is 3.27. The molecule has 0 aliphatic carbocycles. The maximum atomic E-state index is 5.38. The summed E-state index contributed by atoms with van der Waals surface area (Å²) in [6, 6.07) is 1.95. The molecule has 0 spiro atoms. The van der Waals surface area contributed by atoms with Crippen molar-refractivity contribution in [3.05, 3.63) is 28.0 Å². The fourth-order valence-electron chi connectivity index (χ4n) is 1.71. The number of nitrogens with one attached hydrogen (secondary N) is 2. The minimum absolute atomic E-state index is 0.419. The van der Waals surface area contributed by atoms with Crippen molar-refractivity contribution in [2.45, 2.75) is 6.42 Å². The summed E-state index contributed by atoms with van der Waals surface area (Å²) in [5.41, 5.74) is 3.38. The van der Waals surface area contributed by atoms with E-state index in [0.29, 0.717) is 5.95 Å². The molecule has 0 amide bonds. The molecule has 3 aromatic heterocycles. The highest BCUT2D eigenvalue weighted by Crippen LogP contribution is 2.27. The first kappa shape index (κ1) is 12.3. The number of hydrogen-bond acceptors (Lipinski definition) is 8. The van der Waals surface area contributed by atoms with E-state index in [4.69, 9.17) is 5.84 Å². The van der Waals surface area contributed by atoms with Gasteiger partial charge in [0.25, 0.3) is 0 Å². The van der Waals surface area contributed by atoms with Gasteiger partial charge in [-0.25, -0.2) is 15.8 Å². The van der Waals surface area contributed by atoms with Crippen LogP contribution in [-0.2, 0) is 6.42 Å². The number of nitrogen functional groups attached to an aromatic ring is 1. The Hall–Kier alpha value is -1.77. The van der Waals surface area contributed by atoms with Crippen molar-refractivity contribution in [1.82, 2.24) is 15.0 Å². The zero-order valence-corrected chi connectivity index (χ0v) is 11.6. The first-order chi connectivity index (χ1) is 9.36. The van der Waals surface area contributed by atoms with Crippen molar-refractivity contribution >= 4 is 44.7 Å². The minimum atomic E-state index is 0.419. The molecule has 0 aliphatic heterocycles. The molecular formula is C11H12N6S2. The number of hydrogen-bond donors (Lipinski definition) is 3. The molecule has 0 aromatic carbocycles. The predicted octanol–water partition coefficient (Wildman–Crippen LogP) is 2.09. The van der Waals surface area contributed by atoms with Crippen LogP contribution in [0.4, 0.5) is 11.8 Å². The van der Waals surface area contributed by atoms with E-state index in [1.807, 2.05) is 23.0 Å². The van der Waals surface area contributed by atoms with Crippen LogP contribution in [-0.4, -0.2) is 21.5 Å². The van der Waals surface area contributed by atoms with Crippen molar-refractivity contribution in [1.29, 1.82) is 0 Å².